The van der Waals surface area contributed by atoms with Gasteiger partial charge in [0.2, 0.25) is 5.95 Å². The lowest BCUT2D eigenvalue weighted by atomic mass is 10.1. The summed E-state index contributed by atoms with van der Waals surface area (Å²) >= 11 is 8.09. The van der Waals surface area contributed by atoms with Gasteiger partial charge in [-0.1, -0.05) is 17.7 Å². The number of rotatable bonds is 8. The average Bonchev–Trinajstić information content (AvgIpc) is 3.53. The fourth-order valence-corrected chi connectivity index (χ4v) is 5.90. The van der Waals surface area contributed by atoms with Gasteiger partial charge < -0.3 is 16.0 Å². The molecule has 3 aromatic rings. The Balaban J connectivity index is 1.28. The first-order valence-corrected chi connectivity index (χ1v) is 13.3. The maximum absolute atomic E-state index is 12.7. The third-order valence-electron chi connectivity index (χ3n) is 6.58. The molecule has 3 heterocycles. The zero-order valence-electron chi connectivity index (χ0n) is 19.6. The lowest BCUT2D eigenvalue weighted by Crippen LogP contribution is -2.55. The van der Waals surface area contributed by atoms with Gasteiger partial charge in [-0.25, -0.2) is 9.97 Å². The van der Waals surface area contributed by atoms with E-state index in [9.17, 15) is 4.79 Å². The number of halogens is 1. The van der Waals surface area contributed by atoms with Gasteiger partial charge in [0.25, 0.3) is 5.91 Å². The van der Waals surface area contributed by atoms with Gasteiger partial charge in [-0.05, 0) is 51.3 Å². The standard InChI is InChI=1S/C25H31ClN6OS/c1-15-12-27-13-16(2)32(15)10-4-9-28-25-29-14-20(26)23(31-25)22-11-19-18(5-3-6-21(19)34-22)24(33)30-17-7-8-17/h3,5-6,11,14-17,27H,4,7-10,12-13H2,1-2H3,(H,30,33)(H,28,29,31)/t15-,16+. The van der Waals surface area contributed by atoms with Gasteiger partial charge in [0, 0.05) is 60.0 Å². The first-order chi connectivity index (χ1) is 16.5. The fraction of sp³-hybridized carbons (Fsp3) is 0.480. The number of carbonyl (C=O) groups excluding carboxylic acids is 1. The van der Waals surface area contributed by atoms with Crippen LogP contribution in [0.15, 0.2) is 30.5 Å². The lowest BCUT2D eigenvalue weighted by molar-refractivity contribution is 0.0952. The Labute approximate surface area is 209 Å². The predicted octanol–water partition coefficient (Wildman–Crippen LogP) is 4.39. The van der Waals surface area contributed by atoms with E-state index in [1.54, 1.807) is 17.5 Å². The van der Waals surface area contributed by atoms with Crippen LogP contribution < -0.4 is 16.0 Å². The molecule has 0 unspecified atom stereocenters. The number of benzene rings is 1. The Morgan fingerprint density at radius 3 is 2.82 bits per heavy atom. The fourth-order valence-electron chi connectivity index (χ4n) is 4.56. The third kappa shape index (κ3) is 5.20. The maximum Gasteiger partial charge on any atom is 0.252 e. The number of anilines is 1. The van der Waals surface area contributed by atoms with E-state index in [0.29, 0.717) is 40.4 Å². The summed E-state index contributed by atoms with van der Waals surface area (Å²) in [6.07, 6.45) is 4.79. The summed E-state index contributed by atoms with van der Waals surface area (Å²) in [4.78, 5) is 25.3. The second kappa shape index (κ2) is 10.2. The highest BCUT2D eigenvalue weighted by Gasteiger charge is 2.25. The minimum Gasteiger partial charge on any atom is -0.354 e. The number of fused-ring (bicyclic) bond motifs is 1. The SMILES string of the molecule is C[C@@H]1CNC[C@H](C)N1CCCNc1ncc(Cl)c(-c2cc3c(C(=O)NC4CC4)cccc3s2)n1. The van der Waals surface area contributed by atoms with Crippen LogP contribution in [-0.4, -0.2) is 65.1 Å². The molecule has 1 aliphatic carbocycles. The normalized spacial score (nSPS) is 21.0. The molecule has 2 aliphatic rings. The summed E-state index contributed by atoms with van der Waals surface area (Å²) in [6.45, 7) is 8.47. The molecule has 0 bridgehead atoms. The number of nitrogens with zero attached hydrogens (tertiary/aromatic N) is 3. The summed E-state index contributed by atoms with van der Waals surface area (Å²) < 4.78 is 1.04. The summed E-state index contributed by atoms with van der Waals surface area (Å²) in [7, 11) is 0. The van der Waals surface area contributed by atoms with Crippen molar-refractivity contribution in [1.82, 2.24) is 25.5 Å². The minimum atomic E-state index is -0.0123. The van der Waals surface area contributed by atoms with Crippen molar-refractivity contribution in [2.45, 2.75) is 51.2 Å². The molecular formula is C25H31ClN6OS. The molecule has 1 aromatic carbocycles. The van der Waals surface area contributed by atoms with E-state index in [-0.39, 0.29) is 5.91 Å². The van der Waals surface area contributed by atoms with Crippen molar-refractivity contribution >= 4 is 44.9 Å². The topological polar surface area (TPSA) is 82.2 Å². The molecule has 2 fully saturated rings. The van der Waals surface area contributed by atoms with Crippen molar-refractivity contribution in [3.05, 3.63) is 41.0 Å². The average molecular weight is 499 g/mol. The predicted molar refractivity (Wildman–Crippen MR) is 140 cm³/mol. The van der Waals surface area contributed by atoms with Gasteiger partial charge >= 0.3 is 0 Å². The number of piperazine rings is 1. The number of hydrogen-bond acceptors (Lipinski definition) is 7. The van der Waals surface area contributed by atoms with Gasteiger partial charge in [-0.3, -0.25) is 9.69 Å². The van der Waals surface area contributed by atoms with Gasteiger partial charge in [0.15, 0.2) is 0 Å². The van der Waals surface area contributed by atoms with Gasteiger partial charge in [0.05, 0.1) is 16.1 Å². The molecule has 9 heteroatoms. The van der Waals surface area contributed by atoms with E-state index in [1.165, 1.54) is 0 Å². The first-order valence-electron chi connectivity index (χ1n) is 12.1. The lowest BCUT2D eigenvalue weighted by Gasteiger charge is -2.39. The van der Waals surface area contributed by atoms with E-state index in [2.05, 4.69) is 39.7 Å². The molecule has 1 saturated carbocycles. The molecule has 2 atom stereocenters. The van der Waals surface area contributed by atoms with Crippen LogP contribution in [0.4, 0.5) is 5.95 Å². The van der Waals surface area contributed by atoms with Crippen molar-refractivity contribution in [2.75, 3.05) is 31.5 Å². The van der Waals surface area contributed by atoms with Crippen LogP contribution in [0.2, 0.25) is 5.02 Å². The molecule has 0 radical (unpaired) electrons. The van der Waals surface area contributed by atoms with Crippen LogP contribution in [0.1, 0.15) is 43.5 Å². The quantitative estimate of drug-likeness (QED) is 0.400. The smallest absolute Gasteiger partial charge is 0.252 e. The molecule has 5 rings (SSSR count). The number of carbonyl (C=O) groups is 1. The molecule has 34 heavy (non-hydrogen) atoms. The monoisotopic (exact) mass is 498 g/mol. The second-order valence-corrected chi connectivity index (χ2v) is 10.8. The highest BCUT2D eigenvalue weighted by Crippen LogP contribution is 2.37. The highest BCUT2D eigenvalue weighted by molar-refractivity contribution is 7.22. The summed E-state index contributed by atoms with van der Waals surface area (Å²) in [5.74, 6) is 0.562. The van der Waals surface area contributed by atoms with E-state index >= 15 is 0 Å². The molecule has 1 aliphatic heterocycles. The van der Waals surface area contributed by atoms with E-state index < -0.39 is 0 Å². The van der Waals surface area contributed by atoms with Crippen molar-refractivity contribution in [2.24, 2.45) is 0 Å². The van der Waals surface area contributed by atoms with Gasteiger partial charge in [0.1, 0.15) is 5.69 Å². The van der Waals surface area contributed by atoms with Crippen molar-refractivity contribution in [1.29, 1.82) is 0 Å². The maximum atomic E-state index is 12.7. The van der Waals surface area contributed by atoms with Crippen LogP contribution in [-0.2, 0) is 0 Å². The van der Waals surface area contributed by atoms with Crippen molar-refractivity contribution in [3.63, 3.8) is 0 Å². The molecule has 180 valence electrons. The number of thiophene rings is 1. The van der Waals surface area contributed by atoms with E-state index in [1.807, 2.05) is 24.3 Å². The first kappa shape index (κ1) is 23.5. The molecule has 1 amide bonds. The number of nitrogens with one attached hydrogen (secondary N) is 3. The van der Waals surface area contributed by atoms with Crippen molar-refractivity contribution in [3.8, 4) is 10.6 Å². The van der Waals surface area contributed by atoms with Crippen LogP contribution in [0.3, 0.4) is 0 Å². The van der Waals surface area contributed by atoms with Crippen LogP contribution in [0, 0.1) is 0 Å². The zero-order valence-corrected chi connectivity index (χ0v) is 21.2. The molecule has 0 spiro atoms. The Hall–Kier alpha value is -2.26. The second-order valence-electron chi connectivity index (χ2n) is 9.34. The Morgan fingerprint density at radius 2 is 2.06 bits per heavy atom. The Kier molecular flexibility index (Phi) is 7.01. The largest absolute Gasteiger partial charge is 0.354 e. The zero-order chi connectivity index (χ0) is 23.7. The summed E-state index contributed by atoms with van der Waals surface area (Å²) in [5.41, 5.74) is 1.39. The molecular weight excluding hydrogens is 468 g/mol. The minimum absolute atomic E-state index is 0.0123. The van der Waals surface area contributed by atoms with Gasteiger partial charge in [-0.2, -0.15) is 0 Å². The Morgan fingerprint density at radius 1 is 1.26 bits per heavy atom. The summed E-state index contributed by atoms with van der Waals surface area (Å²) in [5, 5.41) is 11.4. The molecule has 2 aromatic heterocycles. The van der Waals surface area contributed by atoms with Crippen LogP contribution >= 0.6 is 22.9 Å². The third-order valence-corrected chi connectivity index (χ3v) is 7.97. The van der Waals surface area contributed by atoms with E-state index in [4.69, 9.17) is 16.6 Å². The molecule has 7 nitrogen and oxygen atoms in total. The van der Waals surface area contributed by atoms with Gasteiger partial charge in [-0.15, -0.1) is 11.3 Å². The molecule has 1 saturated heterocycles. The van der Waals surface area contributed by atoms with Crippen molar-refractivity contribution < 1.29 is 4.79 Å². The van der Waals surface area contributed by atoms with E-state index in [0.717, 1.165) is 60.4 Å². The number of aromatic nitrogens is 2. The highest BCUT2D eigenvalue weighted by atomic mass is 35.5. The van der Waals surface area contributed by atoms with Crippen LogP contribution in [0.25, 0.3) is 20.7 Å². The number of amides is 1. The molecule has 3 N–H and O–H groups in total. The number of hydrogen-bond donors (Lipinski definition) is 3. The Bertz CT molecular complexity index is 1170. The summed E-state index contributed by atoms with van der Waals surface area (Å²) in [6, 6.07) is 9.28. The van der Waals surface area contributed by atoms with Crippen LogP contribution in [0.5, 0.6) is 0 Å².